The van der Waals surface area contributed by atoms with Crippen molar-refractivity contribution in [2.75, 3.05) is 0 Å². The van der Waals surface area contributed by atoms with Crippen LogP contribution in [0.3, 0.4) is 0 Å². The molecule has 0 saturated carbocycles. The van der Waals surface area contributed by atoms with Gasteiger partial charge in [0.05, 0.1) is 4.99 Å². The average Bonchev–Trinajstić information content (AvgIpc) is 2.51. The van der Waals surface area contributed by atoms with Crippen molar-refractivity contribution < 1.29 is 0 Å². The summed E-state index contributed by atoms with van der Waals surface area (Å²) in [5.74, 6) is 0. The van der Waals surface area contributed by atoms with E-state index >= 15 is 0 Å². The first-order valence-electron chi connectivity index (χ1n) is 4.10. The third kappa shape index (κ3) is 1.55. The molecule has 0 unspecified atom stereocenters. The third-order valence-electron chi connectivity index (χ3n) is 2.05. The summed E-state index contributed by atoms with van der Waals surface area (Å²) in [6.45, 7) is 0. The number of aromatic amines is 1. The summed E-state index contributed by atoms with van der Waals surface area (Å²) in [5, 5.41) is 1.20. The Labute approximate surface area is 81.8 Å². The minimum absolute atomic E-state index is 0.536. The van der Waals surface area contributed by atoms with E-state index in [1.165, 1.54) is 10.9 Å². The molecule has 0 radical (unpaired) electrons. The Morgan fingerprint density at radius 3 is 3.00 bits per heavy atom. The van der Waals surface area contributed by atoms with Crippen LogP contribution >= 0.6 is 12.2 Å². The number of rotatable bonds is 2. The van der Waals surface area contributed by atoms with Gasteiger partial charge in [0.25, 0.3) is 0 Å². The average molecular weight is 190 g/mol. The number of hydrogen-bond acceptors (Lipinski definition) is 1. The van der Waals surface area contributed by atoms with E-state index in [1.807, 2.05) is 24.4 Å². The van der Waals surface area contributed by atoms with Crippen LogP contribution in [-0.2, 0) is 6.42 Å². The first-order chi connectivity index (χ1) is 6.27. The maximum absolute atomic E-state index is 5.51. The molecule has 2 aromatic rings. The Morgan fingerprint density at radius 2 is 2.23 bits per heavy atom. The fourth-order valence-corrected chi connectivity index (χ4v) is 1.65. The van der Waals surface area contributed by atoms with Crippen molar-refractivity contribution in [3.8, 4) is 0 Å². The van der Waals surface area contributed by atoms with E-state index in [0.29, 0.717) is 11.4 Å². The van der Waals surface area contributed by atoms with Crippen molar-refractivity contribution in [3.63, 3.8) is 0 Å². The standard InChI is InChI=1S/C10H10N2S/c11-10(13)6-7-2-1-3-9-8(7)4-5-12-9/h1-5,12H,6H2,(H2,11,13). The third-order valence-corrected chi connectivity index (χ3v) is 2.19. The Balaban J connectivity index is 2.54. The predicted octanol–water partition coefficient (Wildman–Crippen LogP) is 2.00. The molecular formula is C10H10N2S. The van der Waals surface area contributed by atoms with Crippen LogP contribution in [0.4, 0.5) is 0 Å². The highest BCUT2D eigenvalue weighted by atomic mass is 32.1. The summed E-state index contributed by atoms with van der Waals surface area (Å²) in [6.07, 6.45) is 2.60. The highest BCUT2D eigenvalue weighted by Crippen LogP contribution is 2.17. The zero-order valence-electron chi connectivity index (χ0n) is 7.08. The van der Waals surface area contributed by atoms with E-state index in [1.54, 1.807) is 0 Å². The normalized spacial score (nSPS) is 10.5. The summed E-state index contributed by atoms with van der Waals surface area (Å²) in [4.78, 5) is 3.68. The van der Waals surface area contributed by atoms with Crippen LogP contribution in [0.1, 0.15) is 5.56 Å². The SMILES string of the molecule is NC(=S)Cc1cccc2[nH]ccc12. The molecular weight excluding hydrogens is 180 g/mol. The number of hydrogen-bond donors (Lipinski definition) is 2. The molecule has 0 saturated heterocycles. The molecule has 3 N–H and O–H groups in total. The number of nitrogens with one attached hydrogen (secondary N) is 1. The first kappa shape index (κ1) is 8.26. The number of fused-ring (bicyclic) bond motifs is 1. The minimum Gasteiger partial charge on any atom is -0.393 e. The van der Waals surface area contributed by atoms with Gasteiger partial charge in [0.15, 0.2) is 0 Å². The molecule has 0 aliphatic heterocycles. The molecule has 0 bridgehead atoms. The van der Waals surface area contributed by atoms with E-state index in [-0.39, 0.29) is 0 Å². The van der Waals surface area contributed by atoms with Gasteiger partial charge in [0.2, 0.25) is 0 Å². The van der Waals surface area contributed by atoms with Gasteiger partial charge in [0.1, 0.15) is 0 Å². The summed E-state index contributed by atoms with van der Waals surface area (Å²) in [6, 6.07) is 8.14. The second-order valence-corrected chi connectivity index (χ2v) is 3.52. The van der Waals surface area contributed by atoms with E-state index in [4.69, 9.17) is 18.0 Å². The van der Waals surface area contributed by atoms with Crippen LogP contribution < -0.4 is 5.73 Å². The topological polar surface area (TPSA) is 41.8 Å². The van der Waals surface area contributed by atoms with Crippen LogP contribution in [0, 0.1) is 0 Å². The molecule has 0 atom stereocenters. The maximum atomic E-state index is 5.51. The van der Waals surface area contributed by atoms with E-state index < -0.39 is 0 Å². The molecule has 2 nitrogen and oxygen atoms in total. The van der Waals surface area contributed by atoms with Gasteiger partial charge in [-0.1, -0.05) is 24.4 Å². The van der Waals surface area contributed by atoms with Crippen molar-refractivity contribution in [2.24, 2.45) is 5.73 Å². The van der Waals surface area contributed by atoms with Gasteiger partial charge in [-0.25, -0.2) is 0 Å². The van der Waals surface area contributed by atoms with Crippen molar-refractivity contribution in [2.45, 2.75) is 6.42 Å². The summed E-state index contributed by atoms with van der Waals surface area (Å²) < 4.78 is 0. The van der Waals surface area contributed by atoms with Crippen molar-refractivity contribution in [1.82, 2.24) is 4.98 Å². The fraction of sp³-hybridized carbons (Fsp3) is 0.100. The van der Waals surface area contributed by atoms with E-state index in [2.05, 4.69) is 11.1 Å². The van der Waals surface area contributed by atoms with E-state index in [0.717, 1.165) is 5.52 Å². The quantitative estimate of drug-likeness (QED) is 0.711. The summed E-state index contributed by atoms with van der Waals surface area (Å²) in [7, 11) is 0. The lowest BCUT2D eigenvalue weighted by atomic mass is 10.1. The molecule has 0 fully saturated rings. The number of aromatic nitrogens is 1. The first-order valence-corrected chi connectivity index (χ1v) is 4.51. The lowest BCUT2D eigenvalue weighted by molar-refractivity contribution is 1.36. The Bertz CT molecular complexity index is 445. The molecule has 0 aliphatic carbocycles. The Morgan fingerprint density at radius 1 is 1.38 bits per heavy atom. The van der Waals surface area contributed by atoms with Crippen molar-refractivity contribution in [3.05, 3.63) is 36.0 Å². The molecule has 3 heteroatoms. The molecule has 1 aromatic heterocycles. The summed E-state index contributed by atoms with van der Waals surface area (Å²) in [5.41, 5.74) is 7.82. The molecule has 1 aromatic carbocycles. The Kier molecular flexibility index (Phi) is 2.02. The molecule has 0 amide bonds. The lowest BCUT2D eigenvalue weighted by Crippen LogP contribution is -2.10. The van der Waals surface area contributed by atoms with Gasteiger partial charge in [-0.2, -0.15) is 0 Å². The van der Waals surface area contributed by atoms with E-state index in [9.17, 15) is 0 Å². The lowest BCUT2D eigenvalue weighted by Gasteiger charge is -2.00. The largest absolute Gasteiger partial charge is 0.393 e. The van der Waals surface area contributed by atoms with Crippen LogP contribution in [0.15, 0.2) is 30.5 Å². The second kappa shape index (κ2) is 3.18. The van der Waals surface area contributed by atoms with Gasteiger partial charge in [-0.15, -0.1) is 0 Å². The van der Waals surface area contributed by atoms with Crippen LogP contribution in [0.5, 0.6) is 0 Å². The van der Waals surface area contributed by atoms with Gasteiger partial charge >= 0.3 is 0 Å². The molecule has 1 heterocycles. The molecule has 0 aliphatic rings. The second-order valence-electron chi connectivity index (χ2n) is 3.00. The molecule has 66 valence electrons. The number of thiocarbonyl (C=S) groups is 1. The summed E-state index contributed by atoms with van der Waals surface area (Å²) >= 11 is 4.88. The fourth-order valence-electron chi connectivity index (χ4n) is 1.49. The highest BCUT2D eigenvalue weighted by Gasteiger charge is 2.01. The van der Waals surface area contributed by atoms with Gasteiger partial charge in [0, 0.05) is 23.5 Å². The minimum atomic E-state index is 0.536. The highest BCUT2D eigenvalue weighted by molar-refractivity contribution is 7.80. The van der Waals surface area contributed by atoms with Gasteiger partial charge < -0.3 is 10.7 Å². The predicted molar refractivity (Wildman–Crippen MR) is 58.8 cm³/mol. The van der Waals surface area contributed by atoms with Crippen LogP contribution in [-0.4, -0.2) is 9.97 Å². The number of H-pyrrole nitrogens is 1. The number of benzene rings is 1. The monoisotopic (exact) mass is 190 g/mol. The smallest absolute Gasteiger partial charge is 0.0771 e. The van der Waals surface area contributed by atoms with Crippen LogP contribution in [0.2, 0.25) is 0 Å². The van der Waals surface area contributed by atoms with Crippen molar-refractivity contribution >= 4 is 28.1 Å². The van der Waals surface area contributed by atoms with Gasteiger partial charge in [-0.3, -0.25) is 0 Å². The maximum Gasteiger partial charge on any atom is 0.0771 e. The molecule has 2 rings (SSSR count). The number of nitrogens with two attached hydrogens (primary N) is 1. The van der Waals surface area contributed by atoms with Crippen molar-refractivity contribution in [1.29, 1.82) is 0 Å². The van der Waals surface area contributed by atoms with Crippen LogP contribution in [0.25, 0.3) is 10.9 Å². The zero-order valence-corrected chi connectivity index (χ0v) is 7.90. The zero-order chi connectivity index (χ0) is 9.26. The molecule has 13 heavy (non-hydrogen) atoms. The molecule has 0 spiro atoms. The van der Waals surface area contributed by atoms with Gasteiger partial charge in [-0.05, 0) is 17.7 Å². The Hall–Kier alpha value is -1.35.